The van der Waals surface area contributed by atoms with Gasteiger partial charge in [-0.3, -0.25) is 4.98 Å². The van der Waals surface area contributed by atoms with Gasteiger partial charge in [-0.15, -0.1) is 0 Å². The van der Waals surface area contributed by atoms with Crippen LogP contribution in [0.25, 0.3) is 0 Å². The van der Waals surface area contributed by atoms with Crippen molar-refractivity contribution in [2.45, 2.75) is 6.54 Å². The molecule has 0 amide bonds. The lowest BCUT2D eigenvalue weighted by atomic mass is 10.3. The third-order valence-electron chi connectivity index (χ3n) is 2.26. The first-order valence-corrected chi connectivity index (χ1v) is 7.01. The molecule has 0 atom stereocenters. The third-order valence-corrected chi connectivity index (χ3v) is 3.61. The summed E-state index contributed by atoms with van der Waals surface area (Å²) in [5.74, 6) is -0.340. The summed E-state index contributed by atoms with van der Waals surface area (Å²) < 4.78 is 15.2. The Kier molecular flexibility index (Phi) is 4.59. The maximum absolute atomic E-state index is 13.5. The molecule has 1 heterocycles. The maximum atomic E-state index is 13.5. The van der Waals surface area contributed by atoms with Crippen molar-refractivity contribution in [3.05, 3.63) is 55.9 Å². The van der Waals surface area contributed by atoms with Gasteiger partial charge in [0, 0.05) is 20.2 Å². The van der Waals surface area contributed by atoms with Crippen molar-refractivity contribution in [3.8, 4) is 0 Å². The zero-order chi connectivity index (χ0) is 13.1. The van der Waals surface area contributed by atoms with E-state index in [1.54, 1.807) is 12.3 Å². The van der Waals surface area contributed by atoms with Crippen molar-refractivity contribution >= 4 is 49.1 Å². The molecular weight excluding hydrogens is 386 g/mol. The monoisotopic (exact) mass is 392 g/mol. The van der Waals surface area contributed by atoms with Crippen molar-refractivity contribution in [1.29, 1.82) is 0 Å². The fourth-order valence-corrected chi connectivity index (χ4v) is 2.68. The molecule has 0 fully saturated rings. The Hall–Kier alpha value is -0.650. The van der Waals surface area contributed by atoms with E-state index in [2.05, 4.69) is 42.2 Å². The van der Waals surface area contributed by atoms with Gasteiger partial charge in [0.15, 0.2) is 0 Å². The molecular formula is C12H8Br2ClFN2. The smallest absolute Gasteiger partial charge is 0.146 e. The fourth-order valence-electron chi connectivity index (χ4n) is 1.38. The van der Waals surface area contributed by atoms with Crippen LogP contribution in [-0.4, -0.2) is 4.98 Å². The first-order valence-electron chi connectivity index (χ1n) is 5.05. The number of hydrogen-bond acceptors (Lipinski definition) is 2. The molecule has 2 rings (SSSR count). The van der Waals surface area contributed by atoms with E-state index in [4.69, 9.17) is 11.6 Å². The summed E-state index contributed by atoms with van der Waals surface area (Å²) in [5, 5.41) is 3.45. The Morgan fingerprint density at radius 1 is 1.28 bits per heavy atom. The third kappa shape index (κ3) is 3.43. The molecule has 0 bridgehead atoms. The summed E-state index contributed by atoms with van der Waals surface area (Å²) in [5.41, 5.74) is 1.15. The van der Waals surface area contributed by atoms with Crippen molar-refractivity contribution in [2.75, 3.05) is 5.32 Å². The molecule has 6 heteroatoms. The van der Waals surface area contributed by atoms with Crippen LogP contribution in [0, 0.1) is 5.82 Å². The van der Waals surface area contributed by atoms with Crippen LogP contribution in [0.4, 0.5) is 10.1 Å². The Bertz CT molecular complexity index is 578. The molecule has 18 heavy (non-hydrogen) atoms. The van der Waals surface area contributed by atoms with Crippen LogP contribution in [0.2, 0.25) is 5.02 Å². The van der Waals surface area contributed by atoms with Crippen LogP contribution >= 0.6 is 43.5 Å². The Labute approximate surface area is 126 Å². The van der Waals surface area contributed by atoms with Gasteiger partial charge in [0.25, 0.3) is 0 Å². The average molecular weight is 394 g/mol. The second kappa shape index (κ2) is 5.99. The van der Waals surface area contributed by atoms with Gasteiger partial charge in [0.2, 0.25) is 0 Å². The van der Waals surface area contributed by atoms with E-state index in [0.717, 1.165) is 14.6 Å². The van der Waals surface area contributed by atoms with Gasteiger partial charge in [0.05, 0.1) is 17.9 Å². The van der Waals surface area contributed by atoms with E-state index < -0.39 is 0 Å². The highest BCUT2D eigenvalue weighted by atomic mass is 79.9. The van der Waals surface area contributed by atoms with E-state index in [1.165, 1.54) is 12.1 Å². The van der Waals surface area contributed by atoms with Crippen LogP contribution in [0.3, 0.4) is 0 Å². The van der Waals surface area contributed by atoms with Gasteiger partial charge in [0.1, 0.15) is 5.82 Å². The number of anilines is 1. The van der Waals surface area contributed by atoms with Gasteiger partial charge >= 0.3 is 0 Å². The SMILES string of the molecule is Fc1ccc(Cl)cc1NCc1ncc(Br)cc1Br. The summed E-state index contributed by atoms with van der Waals surface area (Å²) in [6.45, 7) is 0.408. The number of hydrogen-bond donors (Lipinski definition) is 1. The second-order valence-electron chi connectivity index (χ2n) is 3.56. The van der Waals surface area contributed by atoms with Gasteiger partial charge in [-0.05, 0) is 56.1 Å². The molecule has 0 unspecified atom stereocenters. The molecule has 0 aliphatic carbocycles. The van der Waals surface area contributed by atoms with Crippen LogP contribution in [0.1, 0.15) is 5.69 Å². The molecule has 1 aromatic heterocycles. The van der Waals surface area contributed by atoms with Gasteiger partial charge in [-0.1, -0.05) is 11.6 Å². The van der Waals surface area contributed by atoms with E-state index in [1.807, 2.05) is 6.07 Å². The van der Waals surface area contributed by atoms with Crippen molar-refractivity contribution < 1.29 is 4.39 Å². The van der Waals surface area contributed by atoms with E-state index in [-0.39, 0.29) is 5.82 Å². The highest BCUT2D eigenvalue weighted by Gasteiger charge is 2.05. The van der Waals surface area contributed by atoms with Crippen molar-refractivity contribution in [3.63, 3.8) is 0 Å². The molecule has 0 saturated heterocycles. The standard InChI is InChI=1S/C12H8Br2ClFN2/c13-7-3-9(14)12(17-5-7)6-18-11-4-8(15)1-2-10(11)16/h1-5,18H,6H2. The summed E-state index contributed by atoms with van der Waals surface area (Å²) in [6, 6.07) is 6.27. The number of benzene rings is 1. The predicted molar refractivity (Wildman–Crippen MR) is 78.4 cm³/mol. The molecule has 0 spiro atoms. The Morgan fingerprint density at radius 2 is 2.06 bits per heavy atom. The van der Waals surface area contributed by atoms with Crippen molar-refractivity contribution in [1.82, 2.24) is 4.98 Å². The van der Waals surface area contributed by atoms with Gasteiger partial charge in [-0.25, -0.2) is 4.39 Å². The van der Waals surface area contributed by atoms with Crippen LogP contribution in [-0.2, 0) is 6.54 Å². The number of nitrogens with zero attached hydrogens (tertiary/aromatic N) is 1. The highest BCUT2D eigenvalue weighted by molar-refractivity contribution is 9.11. The lowest BCUT2D eigenvalue weighted by molar-refractivity contribution is 0.630. The fraction of sp³-hybridized carbons (Fsp3) is 0.0833. The average Bonchev–Trinajstić information content (AvgIpc) is 2.32. The van der Waals surface area contributed by atoms with Crippen LogP contribution < -0.4 is 5.32 Å². The van der Waals surface area contributed by atoms with E-state index in [9.17, 15) is 4.39 Å². The zero-order valence-corrected chi connectivity index (χ0v) is 13.0. The van der Waals surface area contributed by atoms with Gasteiger partial charge < -0.3 is 5.32 Å². The van der Waals surface area contributed by atoms with E-state index in [0.29, 0.717) is 17.3 Å². The number of aromatic nitrogens is 1. The topological polar surface area (TPSA) is 24.9 Å². The van der Waals surface area contributed by atoms with Crippen molar-refractivity contribution in [2.24, 2.45) is 0 Å². The van der Waals surface area contributed by atoms with Crippen LogP contribution in [0.15, 0.2) is 39.4 Å². The molecule has 94 valence electrons. The minimum absolute atomic E-state index is 0.340. The lowest BCUT2D eigenvalue weighted by Crippen LogP contribution is -2.04. The maximum Gasteiger partial charge on any atom is 0.146 e. The minimum atomic E-state index is -0.340. The van der Waals surface area contributed by atoms with Gasteiger partial charge in [-0.2, -0.15) is 0 Å². The molecule has 1 N–H and O–H groups in total. The largest absolute Gasteiger partial charge is 0.377 e. The molecule has 0 saturated carbocycles. The normalized spacial score (nSPS) is 10.4. The molecule has 2 nitrogen and oxygen atoms in total. The molecule has 2 aromatic rings. The summed E-state index contributed by atoms with van der Waals surface area (Å²) in [4.78, 5) is 4.23. The summed E-state index contributed by atoms with van der Waals surface area (Å²) >= 11 is 12.5. The Balaban J connectivity index is 2.13. The number of rotatable bonds is 3. The summed E-state index contributed by atoms with van der Waals surface area (Å²) in [6.07, 6.45) is 1.69. The molecule has 1 aromatic carbocycles. The van der Waals surface area contributed by atoms with E-state index >= 15 is 0 Å². The predicted octanol–water partition coefficient (Wildman–Crippen LogP) is 5.01. The number of halogens is 4. The summed E-state index contributed by atoms with van der Waals surface area (Å²) in [7, 11) is 0. The number of pyridine rings is 1. The highest BCUT2D eigenvalue weighted by Crippen LogP contribution is 2.23. The minimum Gasteiger partial charge on any atom is -0.377 e. The second-order valence-corrected chi connectivity index (χ2v) is 5.77. The lowest BCUT2D eigenvalue weighted by Gasteiger charge is -2.09. The zero-order valence-electron chi connectivity index (χ0n) is 9.05. The first kappa shape index (κ1) is 13.8. The molecule has 0 aliphatic heterocycles. The number of nitrogens with one attached hydrogen (secondary N) is 1. The quantitative estimate of drug-likeness (QED) is 0.792. The Morgan fingerprint density at radius 3 is 2.78 bits per heavy atom. The van der Waals surface area contributed by atoms with Crippen LogP contribution in [0.5, 0.6) is 0 Å². The molecule has 0 aliphatic rings. The molecule has 0 radical (unpaired) electrons. The first-order chi connectivity index (χ1) is 8.56.